The zero-order chi connectivity index (χ0) is 19.4. The number of sulfone groups is 1. The third-order valence-corrected chi connectivity index (χ3v) is 6.46. The lowest BCUT2D eigenvalue weighted by Crippen LogP contribution is -2.43. The second-order valence-electron chi connectivity index (χ2n) is 6.43. The lowest BCUT2D eigenvalue weighted by molar-refractivity contribution is -0.136. The van der Waals surface area contributed by atoms with Crippen LogP contribution in [-0.2, 0) is 21.2 Å². The SMILES string of the molecule is O=C(COc1ccccc1Cl)N(Cc1cccc(F)c1)[C@H]1CCS(=O)(=O)C1. The van der Waals surface area contributed by atoms with Gasteiger partial charge in [0.15, 0.2) is 16.4 Å². The first kappa shape index (κ1) is 19.6. The first-order chi connectivity index (χ1) is 12.8. The minimum atomic E-state index is -3.18. The van der Waals surface area contributed by atoms with Gasteiger partial charge in [-0.2, -0.15) is 0 Å². The smallest absolute Gasteiger partial charge is 0.261 e. The van der Waals surface area contributed by atoms with Gasteiger partial charge in [-0.05, 0) is 36.2 Å². The van der Waals surface area contributed by atoms with Crippen LogP contribution in [0.2, 0.25) is 5.02 Å². The van der Waals surface area contributed by atoms with Crippen LogP contribution in [0.5, 0.6) is 5.75 Å². The van der Waals surface area contributed by atoms with E-state index < -0.39 is 21.7 Å². The highest BCUT2D eigenvalue weighted by Gasteiger charge is 2.34. The Labute approximate surface area is 162 Å². The molecule has 0 spiro atoms. The molecule has 1 fully saturated rings. The lowest BCUT2D eigenvalue weighted by Gasteiger charge is -2.28. The van der Waals surface area contributed by atoms with Crippen LogP contribution in [-0.4, -0.2) is 43.4 Å². The number of para-hydroxylation sites is 1. The Morgan fingerprint density at radius 1 is 1.22 bits per heavy atom. The molecule has 2 aromatic carbocycles. The van der Waals surface area contributed by atoms with Gasteiger partial charge >= 0.3 is 0 Å². The van der Waals surface area contributed by atoms with Crippen LogP contribution in [0.4, 0.5) is 4.39 Å². The van der Waals surface area contributed by atoms with Crippen molar-refractivity contribution in [1.82, 2.24) is 4.90 Å². The number of amides is 1. The Hall–Kier alpha value is -2.12. The number of carbonyl (C=O) groups excluding carboxylic acids is 1. The van der Waals surface area contributed by atoms with E-state index in [1.165, 1.54) is 17.0 Å². The van der Waals surface area contributed by atoms with Crippen LogP contribution in [0.25, 0.3) is 0 Å². The highest BCUT2D eigenvalue weighted by atomic mass is 35.5. The maximum absolute atomic E-state index is 13.5. The summed E-state index contributed by atoms with van der Waals surface area (Å²) in [6, 6.07) is 12.2. The minimum absolute atomic E-state index is 0.0377. The van der Waals surface area contributed by atoms with Crippen LogP contribution in [0.3, 0.4) is 0 Å². The van der Waals surface area contributed by atoms with E-state index >= 15 is 0 Å². The molecule has 0 aromatic heterocycles. The molecule has 0 saturated carbocycles. The van der Waals surface area contributed by atoms with Gasteiger partial charge in [-0.3, -0.25) is 4.79 Å². The lowest BCUT2D eigenvalue weighted by atomic mass is 10.1. The molecule has 144 valence electrons. The van der Waals surface area contributed by atoms with Gasteiger partial charge < -0.3 is 9.64 Å². The van der Waals surface area contributed by atoms with Gasteiger partial charge in [0.1, 0.15) is 11.6 Å². The topological polar surface area (TPSA) is 63.7 Å². The van der Waals surface area contributed by atoms with Gasteiger partial charge in [-0.15, -0.1) is 0 Å². The molecule has 1 heterocycles. The standard InChI is InChI=1S/C19H19ClFNO4S/c20-17-6-1-2-7-18(17)26-12-19(23)22(16-8-9-27(24,25)13-16)11-14-4-3-5-15(21)10-14/h1-7,10,16H,8-9,11-13H2/t16-/m0/s1. The van der Waals surface area contributed by atoms with Crippen molar-refractivity contribution in [2.45, 2.75) is 19.0 Å². The third kappa shape index (κ3) is 5.20. The Morgan fingerprint density at radius 3 is 2.67 bits per heavy atom. The number of hydrogen-bond acceptors (Lipinski definition) is 4. The number of nitrogens with zero attached hydrogens (tertiary/aromatic N) is 1. The molecule has 1 aliphatic heterocycles. The normalized spacial score (nSPS) is 18.2. The van der Waals surface area contributed by atoms with Crippen LogP contribution < -0.4 is 4.74 Å². The molecule has 8 heteroatoms. The second kappa shape index (κ2) is 8.27. The van der Waals surface area contributed by atoms with E-state index in [0.29, 0.717) is 22.8 Å². The monoisotopic (exact) mass is 411 g/mol. The van der Waals surface area contributed by atoms with E-state index in [2.05, 4.69) is 0 Å². The summed E-state index contributed by atoms with van der Waals surface area (Å²) in [4.78, 5) is 14.2. The zero-order valence-corrected chi connectivity index (χ0v) is 16.0. The maximum Gasteiger partial charge on any atom is 0.261 e. The molecule has 1 amide bonds. The molecule has 0 radical (unpaired) electrons. The van der Waals surface area contributed by atoms with Crippen molar-refractivity contribution in [3.63, 3.8) is 0 Å². The van der Waals surface area contributed by atoms with Crippen molar-refractivity contribution in [2.24, 2.45) is 0 Å². The van der Waals surface area contributed by atoms with Gasteiger partial charge in [-0.25, -0.2) is 12.8 Å². The quantitative estimate of drug-likeness (QED) is 0.732. The van der Waals surface area contributed by atoms with Crippen molar-refractivity contribution in [1.29, 1.82) is 0 Å². The van der Waals surface area contributed by atoms with Crippen molar-refractivity contribution >= 4 is 27.3 Å². The number of rotatable bonds is 6. The third-order valence-electron chi connectivity index (χ3n) is 4.40. The van der Waals surface area contributed by atoms with Crippen molar-refractivity contribution in [3.8, 4) is 5.75 Å². The largest absolute Gasteiger partial charge is 0.482 e. The molecule has 2 aromatic rings. The van der Waals surface area contributed by atoms with E-state index in [1.54, 1.807) is 36.4 Å². The fourth-order valence-corrected chi connectivity index (χ4v) is 4.98. The summed E-state index contributed by atoms with van der Waals surface area (Å²) in [5.74, 6) is -0.472. The van der Waals surface area contributed by atoms with Gasteiger partial charge in [0.25, 0.3) is 5.91 Å². The molecule has 5 nitrogen and oxygen atoms in total. The number of ether oxygens (including phenoxy) is 1. The molecule has 0 aliphatic carbocycles. The van der Waals surface area contributed by atoms with E-state index in [4.69, 9.17) is 16.3 Å². The summed E-state index contributed by atoms with van der Waals surface area (Å²) in [5.41, 5.74) is 0.588. The Balaban J connectivity index is 1.76. The molecule has 0 bridgehead atoms. The van der Waals surface area contributed by atoms with Gasteiger partial charge in [0.2, 0.25) is 0 Å². The summed E-state index contributed by atoms with van der Waals surface area (Å²) in [6.07, 6.45) is 0.357. The van der Waals surface area contributed by atoms with Crippen molar-refractivity contribution in [3.05, 3.63) is 64.9 Å². The Bertz CT molecular complexity index is 935. The first-order valence-corrected chi connectivity index (χ1v) is 10.7. The van der Waals surface area contributed by atoms with Crippen LogP contribution in [0, 0.1) is 5.82 Å². The number of benzene rings is 2. The average molecular weight is 412 g/mol. The fourth-order valence-electron chi connectivity index (χ4n) is 3.06. The van der Waals surface area contributed by atoms with E-state index in [-0.39, 0.29) is 30.6 Å². The molecular formula is C19H19ClFNO4S. The van der Waals surface area contributed by atoms with E-state index in [0.717, 1.165) is 0 Å². The maximum atomic E-state index is 13.5. The Kier molecular flexibility index (Phi) is 6.01. The highest BCUT2D eigenvalue weighted by molar-refractivity contribution is 7.91. The molecule has 1 aliphatic rings. The summed E-state index contributed by atoms with van der Waals surface area (Å²) >= 11 is 6.03. The minimum Gasteiger partial charge on any atom is -0.482 e. The van der Waals surface area contributed by atoms with Gasteiger partial charge in [-0.1, -0.05) is 35.9 Å². The number of carbonyl (C=O) groups is 1. The van der Waals surface area contributed by atoms with E-state index in [1.807, 2.05) is 0 Å². The fraction of sp³-hybridized carbons (Fsp3) is 0.316. The first-order valence-electron chi connectivity index (χ1n) is 8.46. The van der Waals surface area contributed by atoms with Gasteiger partial charge in [0, 0.05) is 12.6 Å². The van der Waals surface area contributed by atoms with Crippen LogP contribution in [0.15, 0.2) is 48.5 Å². The second-order valence-corrected chi connectivity index (χ2v) is 9.06. The highest BCUT2D eigenvalue weighted by Crippen LogP contribution is 2.24. The number of hydrogen-bond donors (Lipinski definition) is 0. The zero-order valence-electron chi connectivity index (χ0n) is 14.5. The Morgan fingerprint density at radius 2 is 2.00 bits per heavy atom. The van der Waals surface area contributed by atoms with Crippen molar-refractivity contribution < 1.29 is 22.3 Å². The molecule has 1 saturated heterocycles. The van der Waals surface area contributed by atoms with Crippen LogP contribution in [0.1, 0.15) is 12.0 Å². The summed E-state index contributed by atoms with van der Waals surface area (Å²) in [7, 11) is -3.18. The molecule has 1 atom stereocenters. The summed E-state index contributed by atoms with van der Waals surface area (Å²) in [6.45, 7) is -0.168. The average Bonchev–Trinajstić information content (AvgIpc) is 2.98. The number of halogens is 2. The predicted molar refractivity (Wildman–Crippen MR) is 101 cm³/mol. The van der Waals surface area contributed by atoms with Crippen LogP contribution >= 0.6 is 11.6 Å². The summed E-state index contributed by atoms with van der Waals surface area (Å²) < 4.78 is 42.7. The molecule has 0 N–H and O–H groups in total. The summed E-state index contributed by atoms with van der Waals surface area (Å²) in [5, 5.41) is 0.380. The molecular weight excluding hydrogens is 393 g/mol. The van der Waals surface area contributed by atoms with Crippen molar-refractivity contribution in [2.75, 3.05) is 18.1 Å². The molecule has 27 heavy (non-hydrogen) atoms. The molecule has 0 unspecified atom stereocenters. The van der Waals surface area contributed by atoms with E-state index in [9.17, 15) is 17.6 Å². The van der Waals surface area contributed by atoms with Gasteiger partial charge in [0.05, 0.1) is 16.5 Å². The molecule has 3 rings (SSSR count). The predicted octanol–water partition coefficient (Wildman–Crippen LogP) is 3.07.